The normalized spacial score (nSPS) is 26.4. The van der Waals surface area contributed by atoms with Gasteiger partial charge in [0.15, 0.2) is 0 Å². The second-order valence-electron chi connectivity index (χ2n) is 6.86. The molecule has 3 rings (SSSR count). The van der Waals surface area contributed by atoms with Gasteiger partial charge in [-0.3, -0.25) is 18.5 Å². The molecule has 1 aliphatic rings. The number of aromatic amines is 1. The van der Waals surface area contributed by atoms with Crippen LogP contribution in [0.3, 0.4) is 0 Å². The highest BCUT2D eigenvalue weighted by molar-refractivity contribution is 7.86. The van der Waals surface area contributed by atoms with E-state index >= 15 is 0 Å². The summed E-state index contributed by atoms with van der Waals surface area (Å²) >= 11 is 0. The first-order valence-electron chi connectivity index (χ1n) is 8.76. The van der Waals surface area contributed by atoms with E-state index in [9.17, 15) is 33.5 Å². The fourth-order valence-corrected chi connectivity index (χ4v) is 4.22. The molecular formula is C18H19N3O8S. The van der Waals surface area contributed by atoms with E-state index in [1.807, 2.05) is 4.98 Å². The predicted molar refractivity (Wildman–Crippen MR) is 101 cm³/mol. The van der Waals surface area contributed by atoms with Gasteiger partial charge in [-0.05, 0) is 26.0 Å². The van der Waals surface area contributed by atoms with Crippen LogP contribution in [0.1, 0.15) is 11.1 Å². The Morgan fingerprint density at radius 2 is 1.93 bits per heavy atom. The molecule has 0 unspecified atom stereocenters. The molecular weight excluding hydrogens is 418 g/mol. The van der Waals surface area contributed by atoms with Crippen molar-refractivity contribution in [1.82, 2.24) is 9.55 Å². The lowest BCUT2D eigenvalue weighted by Crippen LogP contribution is -2.51. The van der Waals surface area contributed by atoms with Gasteiger partial charge in [0.1, 0.15) is 24.4 Å². The van der Waals surface area contributed by atoms with Crippen molar-refractivity contribution < 1.29 is 27.6 Å². The summed E-state index contributed by atoms with van der Waals surface area (Å²) in [5.41, 5.74) is -3.36. The Morgan fingerprint density at radius 1 is 1.30 bits per heavy atom. The number of aliphatic hydroxyl groups excluding tert-OH is 2. The summed E-state index contributed by atoms with van der Waals surface area (Å²) in [5.74, 6) is 0. The summed E-state index contributed by atoms with van der Waals surface area (Å²) in [5, 5.41) is 30.2. The first kappa shape index (κ1) is 21.9. The maximum Gasteiger partial charge on any atom is 0.331 e. The molecule has 0 spiro atoms. The Labute approximate surface area is 170 Å². The van der Waals surface area contributed by atoms with Gasteiger partial charge in [-0.2, -0.15) is 13.7 Å². The van der Waals surface area contributed by atoms with Crippen molar-refractivity contribution in [2.24, 2.45) is 0 Å². The van der Waals surface area contributed by atoms with E-state index in [-0.39, 0.29) is 10.5 Å². The van der Waals surface area contributed by atoms with E-state index in [0.29, 0.717) is 4.57 Å². The van der Waals surface area contributed by atoms with Crippen LogP contribution in [-0.2, 0) is 24.8 Å². The largest absolute Gasteiger partial charge is 0.394 e. The summed E-state index contributed by atoms with van der Waals surface area (Å²) in [4.78, 5) is 25.7. The molecule has 30 heavy (non-hydrogen) atoms. The molecule has 1 saturated heterocycles. The van der Waals surface area contributed by atoms with Crippen molar-refractivity contribution in [2.75, 3.05) is 6.61 Å². The van der Waals surface area contributed by atoms with Crippen LogP contribution < -0.4 is 11.2 Å². The molecule has 1 fully saturated rings. The standard InChI is InChI=1S/C18H19N3O8S/c1-10-3-5-12(6-4-10)30(26,27)29-14-13(8-22)28-18(9-19,15(14)23)21-7-11(2)16(24)20-17(21)25/h3-7,13-15,22-23H,8H2,1-2H3,(H,20,24,25)/t13-,14-,15-,18-/m1/s1. The van der Waals surface area contributed by atoms with E-state index < -0.39 is 52.0 Å². The summed E-state index contributed by atoms with van der Waals surface area (Å²) < 4.78 is 36.5. The zero-order chi connectivity index (χ0) is 22.3. The molecule has 0 saturated carbocycles. The summed E-state index contributed by atoms with van der Waals surface area (Å²) in [6.45, 7) is 2.31. The monoisotopic (exact) mass is 437 g/mol. The lowest BCUT2D eigenvalue weighted by molar-refractivity contribution is -0.109. The van der Waals surface area contributed by atoms with Crippen LogP contribution in [0.15, 0.2) is 44.9 Å². The van der Waals surface area contributed by atoms with Gasteiger partial charge in [0, 0.05) is 11.8 Å². The number of aliphatic hydroxyl groups is 2. The summed E-state index contributed by atoms with van der Waals surface area (Å²) in [6, 6.07) is 7.33. The second kappa shape index (κ2) is 7.78. The number of nitriles is 1. The molecule has 2 aromatic rings. The smallest absolute Gasteiger partial charge is 0.331 e. The highest BCUT2D eigenvalue weighted by Gasteiger charge is 2.59. The average molecular weight is 437 g/mol. The second-order valence-corrected chi connectivity index (χ2v) is 8.43. The van der Waals surface area contributed by atoms with Gasteiger partial charge in [0.2, 0.25) is 0 Å². The average Bonchev–Trinajstić information content (AvgIpc) is 2.97. The highest BCUT2D eigenvalue weighted by Crippen LogP contribution is 2.37. The van der Waals surface area contributed by atoms with E-state index in [4.69, 9.17) is 8.92 Å². The number of ether oxygens (including phenoxy) is 1. The quantitative estimate of drug-likeness (QED) is 0.489. The number of hydrogen-bond acceptors (Lipinski definition) is 9. The molecule has 160 valence electrons. The zero-order valence-electron chi connectivity index (χ0n) is 16.0. The Bertz CT molecular complexity index is 1210. The number of nitrogens with one attached hydrogen (secondary N) is 1. The number of nitrogens with zero attached hydrogens (tertiary/aromatic N) is 2. The van der Waals surface area contributed by atoms with E-state index in [2.05, 4.69) is 0 Å². The van der Waals surface area contributed by atoms with E-state index in [0.717, 1.165) is 11.8 Å². The Morgan fingerprint density at radius 3 is 2.50 bits per heavy atom. The van der Waals surface area contributed by atoms with Crippen LogP contribution in [0.4, 0.5) is 0 Å². The van der Waals surface area contributed by atoms with Crippen molar-refractivity contribution in [3.8, 4) is 6.07 Å². The molecule has 0 amide bonds. The van der Waals surface area contributed by atoms with Crippen LogP contribution >= 0.6 is 0 Å². The third-order valence-electron chi connectivity index (χ3n) is 4.78. The first-order chi connectivity index (χ1) is 14.1. The fraction of sp³-hybridized carbons (Fsp3) is 0.389. The van der Waals surface area contributed by atoms with E-state index in [1.54, 1.807) is 25.1 Å². The molecule has 12 heteroatoms. The van der Waals surface area contributed by atoms with Crippen LogP contribution in [0, 0.1) is 25.2 Å². The van der Waals surface area contributed by atoms with Crippen LogP contribution in [0.5, 0.6) is 0 Å². The number of aromatic nitrogens is 2. The fourth-order valence-electron chi connectivity index (χ4n) is 3.12. The molecule has 1 aliphatic heterocycles. The molecule has 3 N–H and O–H groups in total. The molecule has 1 aromatic carbocycles. The minimum atomic E-state index is -4.41. The Balaban J connectivity index is 2.05. The SMILES string of the molecule is Cc1ccc(S(=O)(=O)O[C@H]2[C@@H](O)[C@](C#N)(n3cc(C)c(=O)[nH]c3=O)O[C@@H]2CO)cc1. The predicted octanol–water partition coefficient (Wildman–Crippen LogP) is -1.14. The van der Waals surface area contributed by atoms with Gasteiger partial charge in [-0.15, -0.1) is 0 Å². The molecule has 2 heterocycles. The van der Waals surface area contributed by atoms with Crippen LogP contribution in [-0.4, -0.2) is 53.1 Å². The maximum atomic E-state index is 12.6. The van der Waals surface area contributed by atoms with Crippen molar-refractivity contribution >= 4 is 10.1 Å². The van der Waals surface area contributed by atoms with Gasteiger partial charge >= 0.3 is 5.69 Å². The molecule has 0 aliphatic carbocycles. The minimum Gasteiger partial charge on any atom is -0.394 e. The summed E-state index contributed by atoms with van der Waals surface area (Å²) in [7, 11) is -4.41. The minimum absolute atomic E-state index is 0.0391. The topological polar surface area (TPSA) is 172 Å². The van der Waals surface area contributed by atoms with Crippen molar-refractivity contribution in [2.45, 2.75) is 42.8 Å². The van der Waals surface area contributed by atoms with Crippen molar-refractivity contribution in [3.05, 3.63) is 62.4 Å². The molecule has 11 nitrogen and oxygen atoms in total. The number of H-pyrrole nitrogens is 1. The maximum absolute atomic E-state index is 12.6. The van der Waals surface area contributed by atoms with E-state index in [1.165, 1.54) is 19.1 Å². The van der Waals surface area contributed by atoms with Crippen molar-refractivity contribution in [3.63, 3.8) is 0 Å². The Hall–Kier alpha value is -2.82. The third-order valence-corrected chi connectivity index (χ3v) is 6.10. The zero-order valence-corrected chi connectivity index (χ0v) is 16.8. The van der Waals surface area contributed by atoms with Gasteiger partial charge in [-0.25, -0.2) is 4.79 Å². The van der Waals surface area contributed by atoms with Gasteiger partial charge < -0.3 is 14.9 Å². The van der Waals surface area contributed by atoms with Crippen molar-refractivity contribution in [1.29, 1.82) is 5.26 Å². The number of aryl methyl sites for hydroxylation is 2. The third kappa shape index (κ3) is 3.57. The van der Waals surface area contributed by atoms with Crippen LogP contribution in [0.2, 0.25) is 0 Å². The molecule has 1 aromatic heterocycles. The van der Waals surface area contributed by atoms with Gasteiger partial charge in [0.25, 0.3) is 21.4 Å². The molecule has 0 radical (unpaired) electrons. The van der Waals surface area contributed by atoms with Gasteiger partial charge in [-0.1, -0.05) is 17.7 Å². The number of hydrogen-bond donors (Lipinski definition) is 3. The number of benzene rings is 1. The summed E-state index contributed by atoms with van der Waals surface area (Å²) in [6.07, 6.45) is -4.17. The Kier molecular flexibility index (Phi) is 5.68. The lowest BCUT2D eigenvalue weighted by Gasteiger charge is -2.27. The molecule has 0 bridgehead atoms. The lowest BCUT2D eigenvalue weighted by atomic mass is 10.0. The highest BCUT2D eigenvalue weighted by atomic mass is 32.2. The van der Waals surface area contributed by atoms with Gasteiger partial charge in [0.05, 0.1) is 11.5 Å². The first-order valence-corrected chi connectivity index (χ1v) is 10.2. The number of rotatable bonds is 5. The van der Waals surface area contributed by atoms with Crippen LogP contribution in [0.25, 0.3) is 0 Å². The molecule has 4 atom stereocenters.